The summed E-state index contributed by atoms with van der Waals surface area (Å²) in [5, 5.41) is 10.1. The zero-order valence-electron chi connectivity index (χ0n) is 15.3. The van der Waals surface area contributed by atoms with E-state index >= 15 is 0 Å². The summed E-state index contributed by atoms with van der Waals surface area (Å²) >= 11 is 0. The van der Waals surface area contributed by atoms with Gasteiger partial charge >= 0.3 is 0 Å². The predicted molar refractivity (Wildman–Crippen MR) is 99.6 cm³/mol. The molecule has 4 rings (SSSR count). The molecule has 0 aromatic carbocycles. The number of aliphatic hydroxyl groups is 1. The van der Waals surface area contributed by atoms with Gasteiger partial charge in [0.1, 0.15) is 0 Å². The number of piperidine rings is 2. The van der Waals surface area contributed by atoms with Crippen molar-refractivity contribution in [2.24, 2.45) is 11.3 Å². The third kappa shape index (κ3) is 3.54. The van der Waals surface area contributed by atoms with E-state index in [1.165, 1.54) is 45.1 Å². The SMILES string of the molecule is OCC1CN(C2CCCCC2)CCC12CCN(c1ncccn1)CC2. The van der Waals surface area contributed by atoms with Crippen molar-refractivity contribution in [2.45, 2.75) is 57.4 Å². The molecule has 1 aromatic rings. The molecule has 1 aliphatic carbocycles. The van der Waals surface area contributed by atoms with Crippen LogP contribution in [0, 0.1) is 11.3 Å². The number of hydrogen-bond acceptors (Lipinski definition) is 5. The molecule has 3 fully saturated rings. The minimum Gasteiger partial charge on any atom is -0.396 e. The quantitative estimate of drug-likeness (QED) is 0.914. The molecule has 1 unspecified atom stereocenters. The molecule has 3 heterocycles. The molecule has 0 radical (unpaired) electrons. The molecule has 0 amide bonds. The van der Waals surface area contributed by atoms with Crippen molar-refractivity contribution in [2.75, 3.05) is 37.7 Å². The lowest BCUT2D eigenvalue weighted by atomic mass is 9.64. The number of nitrogens with zero attached hydrogens (tertiary/aromatic N) is 4. The van der Waals surface area contributed by atoms with E-state index in [4.69, 9.17) is 0 Å². The van der Waals surface area contributed by atoms with E-state index in [9.17, 15) is 5.11 Å². The van der Waals surface area contributed by atoms with Gasteiger partial charge < -0.3 is 10.0 Å². The maximum Gasteiger partial charge on any atom is 0.225 e. The monoisotopic (exact) mass is 344 g/mol. The van der Waals surface area contributed by atoms with Crippen LogP contribution >= 0.6 is 0 Å². The first-order valence-corrected chi connectivity index (χ1v) is 10.2. The summed E-state index contributed by atoms with van der Waals surface area (Å²) in [5.41, 5.74) is 0.325. The highest BCUT2D eigenvalue weighted by atomic mass is 16.3. The summed E-state index contributed by atoms with van der Waals surface area (Å²) in [5.74, 6) is 1.29. The van der Waals surface area contributed by atoms with Crippen LogP contribution < -0.4 is 4.90 Å². The largest absolute Gasteiger partial charge is 0.396 e. The number of hydrogen-bond donors (Lipinski definition) is 1. The van der Waals surface area contributed by atoms with Crippen LogP contribution in [0.5, 0.6) is 0 Å². The predicted octanol–water partition coefficient (Wildman–Crippen LogP) is 2.71. The number of likely N-dealkylation sites (tertiary alicyclic amines) is 1. The van der Waals surface area contributed by atoms with E-state index in [2.05, 4.69) is 19.8 Å². The Balaban J connectivity index is 1.39. The molecular formula is C20H32N4O. The van der Waals surface area contributed by atoms with Crippen LogP contribution in [0.15, 0.2) is 18.5 Å². The van der Waals surface area contributed by atoms with Crippen LogP contribution in [0.25, 0.3) is 0 Å². The van der Waals surface area contributed by atoms with Crippen molar-refractivity contribution in [1.82, 2.24) is 14.9 Å². The summed E-state index contributed by atoms with van der Waals surface area (Å²) in [7, 11) is 0. The molecule has 1 saturated carbocycles. The molecule has 5 nitrogen and oxygen atoms in total. The third-order valence-electron chi connectivity index (χ3n) is 7.12. The average Bonchev–Trinajstić information content (AvgIpc) is 2.70. The van der Waals surface area contributed by atoms with Gasteiger partial charge in [-0.25, -0.2) is 9.97 Å². The van der Waals surface area contributed by atoms with Gasteiger partial charge in [-0.3, -0.25) is 4.90 Å². The van der Waals surface area contributed by atoms with E-state index in [1.807, 2.05) is 18.5 Å². The molecule has 5 heteroatoms. The lowest BCUT2D eigenvalue weighted by Crippen LogP contribution is -2.55. The minimum absolute atomic E-state index is 0.325. The van der Waals surface area contributed by atoms with Crippen molar-refractivity contribution in [3.8, 4) is 0 Å². The van der Waals surface area contributed by atoms with Gasteiger partial charge in [0, 0.05) is 50.6 Å². The summed E-state index contributed by atoms with van der Waals surface area (Å²) in [6, 6.07) is 2.65. The molecule has 2 saturated heterocycles. The van der Waals surface area contributed by atoms with Gasteiger partial charge in [0.2, 0.25) is 5.95 Å². The average molecular weight is 345 g/mol. The second-order valence-electron chi connectivity index (χ2n) is 8.31. The van der Waals surface area contributed by atoms with E-state index in [0.29, 0.717) is 17.9 Å². The third-order valence-corrected chi connectivity index (χ3v) is 7.12. The number of aromatic nitrogens is 2. The molecule has 1 spiro atoms. The molecule has 138 valence electrons. The molecule has 1 N–H and O–H groups in total. The fourth-order valence-corrected chi connectivity index (χ4v) is 5.43. The van der Waals surface area contributed by atoms with Crippen LogP contribution in [0.4, 0.5) is 5.95 Å². The van der Waals surface area contributed by atoms with Crippen LogP contribution in [0.1, 0.15) is 51.4 Å². The zero-order chi connectivity index (χ0) is 17.1. The highest BCUT2D eigenvalue weighted by molar-refractivity contribution is 5.29. The Morgan fingerprint density at radius 3 is 2.36 bits per heavy atom. The molecule has 1 atom stereocenters. The molecule has 25 heavy (non-hydrogen) atoms. The van der Waals surface area contributed by atoms with E-state index in [1.54, 1.807) is 0 Å². The van der Waals surface area contributed by atoms with Crippen LogP contribution in [-0.2, 0) is 0 Å². The van der Waals surface area contributed by atoms with Gasteiger partial charge in [0.25, 0.3) is 0 Å². The van der Waals surface area contributed by atoms with E-state index < -0.39 is 0 Å². The standard InChI is InChI=1S/C20H32N4O/c25-16-17-15-24(18-5-2-1-3-6-18)14-9-20(17)7-12-23(13-8-20)19-21-10-4-11-22-19/h4,10-11,17-18,25H,1-3,5-9,12-16H2. The number of aliphatic hydroxyl groups excluding tert-OH is 1. The molecule has 3 aliphatic rings. The molecule has 0 bridgehead atoms. The topological polar surface area (TPSA) is 52.5 Å². The van der Waals surface area contributed by atoms with Crippen molar-refractivity contribution in [3.63, 3.8) is 0 Å². The van der Waals surface area contributed by atoms with Crippen molar-refractivity contribution < 1.29 is 5.11 Å². The number of rotatable bonds is 3. The first-order valence-electron chi connectivity index (χ1n) is 10.2. The van der Waals surface area contributed by atoms with Gasteiger partial charge in [0.05, 0.1) is 0 Å². The second kappa shape index (κ2) is 7.58. The maximum absolute atomic E-state index is 10.1. The Hall–Kier alpha value is -1.20. The summed E-state index contributed by atoms with van der Waals surface area (Å²) < 4.78 is 0. The Morgan fingerprint density at radius 1 is 1.00 bits per heavy atom. The first-order chi connectivity index (χ1) is 12.3. The maximum atomic E-state index is 10.1. The van der Waals surface area contributed by atoms with Crippen LogP contribution in [0.2, 0.25) is 0 Å². The lowest BCUT2D eigenvalue weighted by Gasteiger charge is -2.53. The summed E-state index contributed by atoms with van der Waals surface area (Å²) in [4.78, 5) is 13.8. The second-order valence-corrected chi connectivity index (χ2v) is 8.31. The van der Waals surface area contributed by atoms with Gasteiger partial charge in [0.15, 0.2) is 0 Å². The first kappa shape index (κ1) is 17.2. The van der Waals surface area contributed by atoms with Gasteiger partial charge in [-0.05, 0) is 50.1 Å². The highest BCUT2D eigenvalue weighted by Gasteiger charge is 2.45. The number of anilines is 1. The van der Waals surface area contributed by atoms with Gasteiger partial charge in [-0.1, -0.05) is 19.3 Å². The summed E-state index contributed by atoms with van der Waals surface area (Å²) in [6.45, 7) is 4.70. The van der Waals surface area contributed by atoms with E-state index in [0.717, 1.165) is 44.5 Å². The highest BCUT2D eigenvalue weighted by Crippen LogP contribution is 2.46. The zero-order valence-corrected chi connectivity index (χ0v) is 15.3. The normalized spacial score (nSPS) is 28.4. The Kier molecular flexibility index (Phi) is 5.23. The van der Waals surface area contributed by atoms with Crippen LogP contribution in [0.3, 0.4) is 0 Å². The van der Waals surface area contributed by atoms with Crippen molar-refractivity contribution in [1.29, 1.82) is 0 Å². The Bertz CT molecular complexity index is 538. The molecule has 2 aliphatic heterocycles. The van der Waals surface area contributed by atoms with Gasteiger partial charge in [-0.2, -0.15) is 0 Å². The van der Waals surface area contributed by atoms with Crippen molar-refractivity contribution >= 4 is 5.95 Å². The van der Waals surface area contributed by atoms with Crippen molar-refractivity contribution in [3.05, 3.63) is 18.5 Å². The van der Waals surface area contributed by atoms with E-state index in [-0.39, 0.29) is 0 Å². The minimum atomic E-state index is 0.325. The Labute approximate surface area is 151 Å². The fraction of sp³-hybridized carbons (Fsp3) is 0.800. The molecular weight excluding hydrogens is 312 g/mol. The molecule has 1 aromatic heterocycles. The lowest BCUT2D eigenvalue weighted by molar-refractivity contribution is -0.0360. The van der Waals surface area contributed by atoms with Gasteiger partial charge in [-0.15, -0.1) is 0 Å². The Morgan fingerprint density at radius 2 is 1.68 bits per heavy atom. The smallest absolute Gasteiger partial charge is 0.225 e. The van der Waals surface area contributed by atoms with Crippen LogP contribution in [-0.4, -0.2) is 58.8 Å². The fourth-order valence-electron chi connectivity index (χ4n) is 5.43. The summed E-state index contributed by atoms with van der Waals surface area (Å²) in [6.07, 6.45) is 14.1.